The molecule has 0 unspecified atom stereocenters. The van der Waals surface area contributed by atoms with Gasteiger partial charge in [-0.25, -0.2) is 0 Å². The first-order chi connectivity index (χ1) is 11.8. The summed E-state index contributed by atoms with van der Waals surface area (Å²) in [6, 6.07) is 14.6. The summed E-state index contributed by atoms with van der Waals surface area (Å²) < 4.78 is 13.7. The maximum absolute atomic E-state index is 5.98. The summed E-state index contributed by atoms with van der Waals surface area (Å²) in [5, 5.41) is 0. The molecule has 0 aliphatic carbocycles. The Hall–Kier alpha value is -2.30. The van der Waals surface area contributed by atoms with Gasteiger partial charge >= 0.3 is 0 Å². The molecule has 0 N–H and O–H groups in total. The lowest BCUT2D eigenvalue weighted by atomic mass is 10.1. The summed E-state index contributed by atoms with van der Waals surface area (Å²) in [7, 11) is 0. The molecule has 2 aromatic heterocycles. The maximum atomic E-state index is 5.98. The highest BCUT2D eigenvalue weighted by Crippen LogP contribution is 2.30. The first-order valence-corrected chi connectivity index (χ1v) is 8.49. The Labute approximate surface area is 142 Å². The van der Waals surface area contributed by atoms with Gasteiger partial charge in [0.15, 0.2) is 0 Å². The van der Waals surface area contributed by atoms with Gasteiger partial charge in [-0.15, -0.1) is 0 Å². The van der Waals surface area contributed by atoms with Crippen LogP contribution in [-0.4, -0.2) is 22.6 Å². The molecular weight excluding hydrogens is 300 g/mol. The quantitative estimate of drug-likeness (QED) is 0.706. The normalized spacial score (nSPS) is 18.3. The molecule has 1 aromatic carbocycles. The van der Waals surface area contributed by atoms with E-state index in [2.05, 4.69) is 59.1 Å². The Bertz CT molecular complexity index is 792. The van der Waals surface area contributed by atoms with Gasteiger partial charge in [-0.05, 0) is 36.2 Å². The van der Waals surface area contributed by atoms with E-state index in [9.17, 15) is 0 Å². The van der Waals surface area contributed by atoms with Crippen LogP contribution < -0.4 is 0 Å². The Morgan fingerprint density at radius 2 is 2.04 bits per heavy atom. The standard InChI is InChI=1S/C20H22N2O2/c1-2-16-6-3-4-8-19(16)21-10-9-17(14-21)20-22(11-13-24-20)15-18-7-5-12-23-18/h3-10,12,14,20H,2,11,13,15H2,1H3/t20-/m0/s1. The Balaban J connectivity index is 1.57. The van der Waals surface area contributed by atoms with E-state index >= 15 is 0 Å². The molecule has 4 heteroatoms. The van der Waals surface area contributed by atoms with Gasteiger partial charge in [0.25, 0.3) is 0 Å². The average molecular weight is 322 g/mol. The number of hydrogen-bond acceptors (Lipinski definition) is 3. The van der Waals surface area contributed by atoms with Gasteiger partial charge in [-0.1, -0.05) is 25.1 Å². The van der Waals surface area contributed by atoms with Crippen molar-refractivity contribution >= 4 is 0 Å². The molecule has 0 amide bonds. The van der Waals surface area contributed by atoms with Crippen molar-refractivity contribution in [2.45, 2.75) is 26.1 Å². The van der Waals surface area contributed by atoms with Crippen LogP contribution in [0.15, 0.2) is 65.5 Å². The number of ether oxygens (including phenoxy) is 1. The predicted molar refractivity (Wildman–Crippen MR) is 93.0 cm³/mol. The van der Waals surface area contributed by atoms with Crippen LogP contribution in [-0.2, 0) is 17.7 Å². The Morgan fingerprint density at radius 1 is 1.12 bits per heavy atom. The van der Waals surface area contributed by atoms with Gasteiger partial charge in [-0.2, -0.15) is 0 Å². The minimum atomic E-state index is -0.00913. The van der Waals surface area contributed by atoms with Crippen LogP contribution in [0.5, 0.6) is 0 Å². The zero-order chi connectivity index (χ0) is 16.4. The molecule has 0 spiro atoms. The second-order valence-corrected chi connectivity index (χ2v) is 6.11. The van der Waals surface area contributed by atoms with Crippen LogP contribution in [0.1, 0.15) is 30.0 Å². The van der Waals surface area contributed by atoms with E-state index in [4.69, 9.17) is 9.15 Å². The summed E-state index contributed by atoms with van der Waals surface area (Å²) in [5.74, 6) is 0.973. The van der Waals surface area contributed by atoms with Crippen LogP contribution in [0.25, 0.3) is 5.69 Å². The van der Waals surface area contributed by atoms with Crippen LogP contribution in [0, 0.1) is 0 Å². The van der Waals surface area contributed by atoms with Gasteiger partial charge in [0.2, 0.25) is 0 Å². The third-order valence-electron chi connectivity index (χ3n) is 4.58. The second kappa shape index (κ2) is 6.67. The second-order valence-electron chi connectivity index (χ2n) is 6.11. The number of para-hydroxylation sites is 1. The van der Waals surface area contributed by atoms with E-state index in [1.165, 1.54) is 16.8 Å². The molecule has 0 bridgehead atoms. The van der Waals surface area contributed by atoms with E-state index in [0.717, 1.165) is 31.9 Å². The third kappa shape index (κ3) is 2.90. The molecule has 4 rings (SSSR count). The predicted octanol–water partition coefficient (Wildman–Crippen LogP) is 4.16. The number of benzene rings is 1. The molecule has 1 aliphatic rings. The van der Waals surface area contributed by atoms with Crippen LogP contribution in [0.4, 0.5) is 0 Å². The highest BCUT2D eigenvalue weighted by molar-refractivity contribution is 5.42. The number of hydrogen-bond donors (Lipinski definition) is 0. The number of furan rings is 1. The number of aromatic nitrogens is 1. The Morgan fingerprint density at radius 3 is 2.88 bits per heavy atom. The van der Waals surface area contributed by atoms with E-state index < -0.39 is 0 Å². The van der Waals surface area contributed by atoms with Gasteiger partial charge in [0, 0.05) is 30.2 Å². The monoisotopic (exact) mass is 322 g/mol. The van der Waals surface area contributed by atoms with E-state index in [-0.39, 0.29) is 6.23 Å². The van der Waals surface area contributed by atoms with E-state index in [0.29, 0.717) is 0 Å². The molecule has 1 aliphatic heterocycles. The lowest BCUT2D eigenvalue weighted by Crippen LogP contribution is -2.23. The number of nitrogens with zero attached hydrogens (tertiary/aromatic N) is 2. The molecule has 1 atom stereocenters. The minimum absolute atomic E-state index is 0.00913. The molecule has 3 aromatic rings. The fraction of sp³-hybridized carbons (Fsp3) is 0.300. The molecule has 124 valence electrons. The van der Waals surface area contributed by atoms with E-state index in [1.54, 1.807) is 6.26 Å². The first kappa shape index (κ1) is 15.2. The number of aryl methyl sites for hydroxylation is 1. The van der Waals surface area contributed by atoms with Crippen molar-refractivity contribution in [3.05, 3.63) is 78.0 Å². The largest absolute Gasteiger partial charge is 0.468 e. The van der Waals surface area contributed by atoms with Crippen molar-refractivity contribution < 1.29 is 9.15 Å². The lowest BCUT2D eigenvalue weighted by Gasteiger charge is -2.21. The van der Waals surface area contributed by atoms with Crippen molar-refractivity contribution in [2.75, 3.05) is 13.2 Å². The molecule has 3 heterocycles. The van der Waals surface area contributed by atoms with Crippen LogP contribution in [0.3, 0.4) is 0 Å². The SMILES string of the molecule is CCc1ccccc1-n1ccc([C@@H]2OCCN2Cc2ccco2)c1. The highest BCUT2D eigenvalue weighted by atomic mass is 16.5. The number of rotatable bonds is 5. The topological polar surface area (TPSA) is 30.5 Å². The fourth-order valence-electron chi connectivity index (χ4n) is 3.35. The first-order valence-electron chi connectivity index (χ1n) is 8.49. The lowest BCUT2D eigenvalue weighted by molar-refractivity contribution is 0.0258. The van der Waals surface area contributed by atoms with Crippen molar-refractivity contribution in [3.8, 4) is 5.69 Å². The highest BCUT2D eigenvalue weighted by Gasteiger charge is 2.28. The van der Waals surface area contributed by atoms with Crippen molar-refractivity contribution in [1.29, 1.82) is 0 Å². The molecule has 4 nitrogen and oxygen atoms in total. The third-order valence-corrected chi connectivity index (χ3v) is 4.58. The van der Waals surface area contributed by atoms with E-state index in [1.807, 2.05) is 12.1 Å². The van der Waals surface area contributed by atoms with Crippen molar-refractivity contribution in [1.82, 2.24) is 9.47 Å². The summed E-state index contributed by atoms with van der Waals surface area (Å²) >= 11 is 0. The summed E-state index contributed by atoms with van der Waals surface area (Å²) in [6.45, 7) is 4.63. The molecule has 0 saturated carbocycles. The molecule has 1 saturated heterocycles. The fourth-order valence-corrected chi connectivity index (χ4v) is 3.35. The van der Waals surface area contributed by atoms with Crippen LogP contribution >= 0.6 is 0 Å². The zero-order valence-electron chi connectivity index (χ0n) is 13.9. The van der Waals surface area contributed by atoms with Crippen LogP contribution in [0.2, 0.25) is 0 Å². The van der Waals surface area contributed by atoms with Crippen molar-refractivity contribution in [2.24, 2.45) is 0 Å². The minimum Gasteiger partial charge on any atom is -0.468 e. The average Bonchev–Trinajstić information content (AvgIpc) is 3.36. The molecular formula is C20H22N2O2. The van der Waals surface area contributed by atoms with Gasteiger partial charge < -0.3 is 13.7 Å². The zero-order valence-corrected chi connectivity index (χ0v) is 13.9. The molecule has 24 heavy (non-hydrogen) atoms. The summed E-state index contributed by atoms with van der Waals surface area (Å²) in [4.78, 5) is 2.31. The maximum Gasteiger partial charge on any atom is 0.138 e. The van der Waals surface area contributed by atoms with Gasteiger partial charge in [0.1, 0.15) is 12.0 Å². The smallest absolute Gasteiger partial charge is 0.138 e. The Kier molecular flexibility index (Phi) is 4.24. The molecule has 1 fully saturated rings. The van der Waals surface area contributed by atoms with Crippen molar-refractivity contribution in [3.63, 3.8) is 0 Å². The molecule has 0 radical (unpaired) electrons. The summed E-state index contributed by atoms with van der Waals surface area (Å²) in [6.07, 6.45) is 7.04. The summed E-state index contributed by atoms with van der Waals surface area (Å²) in [5.41, 5.74) is 3.77. The van der Waals surface area contributed by atoms with Gasteiger partial charge in [-0.3, -0.25) is 4.90 Å². The van der Waals surface area contributed by atoms with Gasteiger partial charge in [0.05, 0.1) is 19.4 Å².